The first kappa shape index (κ1) is 18.2. The molecule has 1 aromatic heterocycles. The first-order valence-electron chi connectivity index (χ1n) is 9.22. The number of allylic oxidation sites excluding steroid dienone is 2. The number of para-hydroxylation sites is 1. The molecule has 0 unspecified atom stereocenters. The van der Waals surface area contributed by atoms with Crippen LogP contribution in [0.2, 0.25) is 0 Å². The van der Waals surface area contributed by atoms with E-state index in [-0.39, 0.29) is 12.5 Å². The average Bonchev–Trinajstić information content (AvgIpc) is 2.98. The van der Waals surface area contributed by atoms with E-state index in [1.807, 2.05) is 60.0 Å². The zero-order chi connectivity index (χ0) is 18.4. The Morgan fingerprint density at radius 2 is 2.12 bits per heavy atom. The minimum absolute atomic E-state index is 0.00622. The summed E-state index contributed by atoms with van der Waals surface area (Å²) in [6.07, 6.45) is 7.70. The number of carbonyl (C=O) groups excluding carboxylic acids is 1. The minimum atomic E-state index is 0.00622. The monoisotopic (exact) mass is 353 g/mol. The summed E-state index contributed by atoms with van der Waals surface area (Å²) in [7, 11) is 1.93. The highest BCUT2D eigenvalue weighted by Gasteiger charge is 2.21. The lowest BCUT2D eigenvalue weighted by Crippen LogP contribution is -2.38. The number of hydrogen-bond acceptors (Lipinski definition) is 3. The SMILES string of the molecule is Cc1cc(CN(C[C@@H]2CC=CCC2)C(=O)COc2ccccc2)nn1C. The van der Waals surface area contributed by atoms with Crippen LogP contribution < -0.4 is 4.74 Å². The number of nitrogens with zero attached hydrogens (tertiary/aromatic N) is 3. The molecule has 1 amide bonds. The van der Waals surface area contributed by atoms with E-state index in [2.05, 4.69) is 17.3 Å². The van der Waals surface area contributed by atoms with Gasteiger partial charge in [-0.3, -0.25) is 9.48 Å². The lowest BCUT2D eigenvalue weighted by molar-refractivity contribution is -0.134. The molecule has 0 aliphatic heterocycles. The van der Waals surface area contributed by atoms with Crippen LogP contribution in [0.15, 0.2) is 48.6 Å². The van der Waals surface area contributed by atoms with Crippen LogP contribution in [0, 0.1) is 12.8 Å². The molecule has 1 heterocycles. The molecule has 0 spiro atoms. The molecule has 1 aromatic carbocycles. The molecule has 138 valence electrons. The fourth-order valence-electron chi connectivity index (χ4n) is 3.25. The molecule has 0 saturated carbocycles. The average molecular weight is 353 g/mol. The Morgan fingerprint density at radius 1 is 1.31 bits per heavy atom. The summed E-state index contributed by atoms with van der Waals surface area (Å²) in [6, 6.07) is 11.5. The predicted molar refractivity (Wildman–Crippen MR) is 102 cm³/mol. The van der Waals surface area contributed by atoms with Crippen molar-refractivity contribution in [3.63, 3.8) is 0 Å². The van der Waals surface area contributed by atoms with E-state index in [9.17, 15) is 4.79 Å². The van der Waals surface area contributed by atoms with E-state index in [0.29, 0.717) is 12.5 Å². The van der Waals surface area contributed by atoms with Gasteiger partial charge in [-0.2, -0.15) is 5.10 Å². The van der Waals surface area contributed by atoms with E-state index >= 15 is 0 Å². The third-order valence-electron chi connectivity index (χ3n) is 4.83. The van der Waals surface area contributed by atoms with Crippen LogP contribution in [-0.4, -0.2) is 33.7 Å². The molecule has 1 atom stereocenters. The van der Waals surface area contributed by atoms with Gasteiger partial charge in [-0.15, -0.1) is 0 Å². The predicted octanol–water partition coefficient (Wildman–Crippen LogP) is 3.49. The molecular formula is C21H27N3O2. The Bertz CT molecular complexity index is 732. The first-order valence-corrected chi connectivity index (χ1v) is 9.22. The van der Waals surface area contributed by atoms with Gasteiger partial charge in [0.2, 0.25) is 0 Å². The number of hydrogen-bond donors (Lipinski definition) is 0. The van der Waals surface area contributed by atoms with Crippen LogP contribution in [0.5, 0.6) is 5.75 Å². The molecule has 0 fully saturated rings. The largest absolute Gasteiger partial charge is 0.484 e. The summed E-state index contributed by atoms with van der Waals surface area (Å²) < 4.78 is 7.52. The Labute approximate surface area is 155 Å². The molecule has 0 radical (unpaired) electrons. The summed E-state index contributed by atoms with van der Waals surface area (Å²) in [5.41, 5.74) is 2.01. The summed E-state index contributed by atoms with van der Waals surface area (Å²) in [5, 5.41) is 4.51. The van der Waals surface area contributed by atoms with Crippen LogP contribution in [0.3, 0.4) is 0 Å². The van der Waals surface area contributed by atoms with Crippen molar-refractivity contribution in [2.45, 2.75) is 32.7 Å². The van der Waals surface area contributed by atoms with Crippen LogP contribution in [0.1, 0.15) is 30.7 Å². The van der Waals surface area contributed by atoms with Gasteiger partial charge in [0.15, 0.2) is 6.61 Å². The number of rotatable bonds is 7. The molecule has 0 saturated heterocycles. The van der Waals surface area contributed by atoms with Crippen molar-refractivity contribution in [1.29, 1.82) is 0 Å². The molecule has 2 aromatic rings. The topological polar surface area (TPSA) is 47.4 Å². The van der Waals surface area contributed by atoms with Crippen molar-refractivity contribution in [3.8, 4) is 5.75 Å². The number of ether oxygens (including phenoxy) is 1. The second-order valence-electron chi connectivity index (χ2n) is 6.93. The molecular weight excluding hydrogens is 326 g/mol. The van der Waals surface area contributed by atoms with Gasteiger partial charge >= 0.3 is 0 Å². The Hall–Kier alpha value is -2.56. The maximum Gasteiger partial charge on any atom is 0.260 e. The molecule has 5 heteroatoms. The van der Waals surface area contributed by atoms with Crippen molar-refractivity contribution in [2.75, 3.05) is 13.2 Å². The van der Waals surface area contributed by atoms with Crippen molar-refractivity contribution in [3.05, 3.63) is 59.9 Å². The molecule has 0 bridgehead atoms. The second-order valence-corrected chi connectivity index (χ2v) is 6.93. The molecule has 1 aliphatic rings. The quantitative estimate of drug-likeness (QED) is 0.716. The second kappa shape index (κ2) is 8.70. The van der Waals surface area contributed by atoms with Gasteiger partial charge in [0.25, 0.3) is 5.91 Å². The highest BCUT2D eigenvalue weighted by atomic mass is 16.5. The fraction of sp³-hybridized carbons (Fsp3) is 0.429. The number of carbonyl (C=O) groups is 1. The number of aromatic nitrogens is 2. The molecule has 5 nitrogen and oxygen atoms in total. The van der Waals surface area contributed by atoms with Gasteiger partial charge in [-0.05, 0) is 50.3 Å². The zero-order valence-electron chi connectivity index (χ0n) is 15.6. The van der Waals surface area contributed by atoms with Gasteiger partial charge in [0, 0.05) is 19.3 Å². The molecule has 0 N–H and O–H groups in total. The maximum atomic E-state index is 12.8. The molecule has 3 rings (SSSR count). The standard InChI is InChI=1S/C21H27N3O2/c1-17-13-19(22-23(17)2)15-24(14-18-9-5-3-6-10-18)21(25)16-26-20-11-7-4-8-12-20/h3-5,7-8,11-13,18H,6,9-10,14-16H2,1-2H3/t18-/m1/s1. The summed E-state index contributed by atoms with van der Waals surface area (Å²) in [4.78, 5) is 14.7. The first-order chi connectivity index (χ1) is 12.6. The zero-order valence-corrected chi connectivity index (χ0v) is 15.6. The third kappa shape index (κ3) is 4.97. The van der Waals surface area contributed by atoms with Crippen LogP contribution >= 0.6 is 0 Å². The highest BCUT2D eigenvalue weighted by molar-refractivity contribution is 5.77. The van der Waals surface area contributed by atoms with E-state index in [1.165, 1.54) is 0 Å². The summed E-state index contributed by atoms with van der Waals surface area (Å²) in [6.45, 7) is 3.35. The molecule has 1 aliphatic carbocycles. The summed E-state index contributed by atoms with van der Waals surface area (Å²) >= 11 is 0. The number of aryl methyl sites for hydroxylation is 2. The van der Waals surface area contributed by atoms with Gasteiger partial charge in [-0.25, -0.2) is 0 Å². The maximum absolute atomic E-state index is 12.8. The molecule has 26 heavy (non-hydrogen) atoms. The Kier molecular flexibility index (Phi) is 6.10. The lowest BCUT2D eigenvalue weighted by Gasteiger charge is -2.28. The Morgan fingerprint density at radius 3 is 2.77 bits per heavy atom. The van der Waals surface area contributed by atoms with E-state index in [1.54, 1.807) is 0 Å². The van der Waals surface area contributed by atoms with Gasteiger partial charge in [0.1, 0.15) is 5.75 Å². The normalized spacial score (nSPS) is 16.5. The van der Waals surface area contributed by atoms with Crippen molar-refractivity contribution < 1.29 is 9.53 Å². The van der Waals surface area contributed by atoms with Crippen molar-refractivity contribution in [1.82, 2.24) is 14.7 Å². The summed E-state index contributed by atoms with van der Waals surface area (Å²) in [5.74, 6) is 1.23. The van der Waals surface area contributed by atoms with Crippen molar-refractivity contribution >= 4 is 5.91 Å². The number of amides is 1. The highest BCUT2D eigenvalue weighted by Crippen LogP contribution is 2.20. The van der Waals surface area contributed by atoms with Crippen LogP contribution in [-0.2, 0) is 18.4 Å². The van der Waals surface area contributed by atoms with Gasteiger partial charge in [-0.1, -0.05) is 30.4 Å². The minimum Gasteiger partial charge on any atom is -0.484 e. The number of benzene rings is 1. The van der Waals surface area contributed by atoms with Crippen LogP contribution in [0.4, 0.5) is 0 Å². The van der Waals surface area contributed by atoms with E-state index in [0.717, 1.165) is 42.9 Å². The van der Waals surface area contributed by atoms with Crippen LogP contribution in [0.25, 0.3) is 0 Å². The van der Waals surface area contributed by atoms with Crippen molar-refractivity contribution in [2.24, 2.45) is 13.0 Å². The Balaban J connectivity index is 1.66. The van der Waals surface area contributed by atoms with Gasteiger partial charge < -0.3 is 9.64 Å². The van der Waals surface area contributed by atoms with E-state index < -0.39 is 0 Å². The third-order valence-corrected chi connectivity index (χ3v) is 4.83. The smallest absolute Gasteiger partial charge is 0.260 e. The van der Waals surface area contributed by atoms with Gasteiger partial charge in [0.05, 0.1) is 12.2 Å². The lowest BCUT2D eigenvalue weighted by atomic mass is 9.94. The van der Waals surface area contributed by atoms with E-state index in [4.69, 9.17) is 4.74 Å². The fourth-order valence-corrected chi connectivity index (χ4v) is 3.25.